The highest BCUT2D eigenvalue weighted by atomic mass is 16.6. The van der Waals surface area contributed by atoms with Crippen molar-refractivity contribution in [1.29, 1.82) is 0 Å². The molecule has 4 aliphatic rings. The molecule has 1 amide bonds. The number of aromatic nitrogens is 4. The molecule has 10 heteroatoms. The Labute approximate surface area is 288 Å². The van der Waals surface area contributed by atoms with Crippen molar-refractivity contribution in [2.75, 3.05) is 26.2 Å². The summed E-state index contributed by atoms with van der Waals surface area (Å²) in [6.45, 7) is 9.56. The molecule has 2 aliphatic carbocycles. The van der Waals surface area contributed by atoms with Crippen LogP contribution in [-0.2, 0) is 4.74 Å². The van der Waals surface area contributed by atoms with Gasteiger partial charge < -0.3 is 24.4 Å². The zero-order chi connectivity index (χ0) is 33.8. The van der Waals surface area contributed by atoms with Gasteiger partial charge in [0.05, 0.1) is 12.2 Å². The Bertz CT molecular complexity index is 1670. The summed E-state index contributed by atoms with van der Waals surface area (Å²) in [5, 5.41) is 3.47. The molecule has 2 aromatic heterocycles. The maximum atomic E-state index is 12.3. The van der Waals surface area contributed by atoms with Crippen molar-refractivity contribution in [3.8, 4) is 33.8 Å². The van der Waals surface area contributed by atoms with Gasteiger partial charge in [-0.15, -0.1) is 0 Å². The first-order valence-corrected chi connectivity index (χ1v) is 17.5. The highest BCUT2D eigenvalue weighted by Gasteiger charge is 2.44. The topological polar surface area (TPSA) is 112 Å². The summed E-state index contributed by atoms with van der Waals surface area (Å²) in [6.07, 6.45) is 15.0. The van der Waals surface area contributed by atoms with Gasteiger partial charge in [0.2, 0.25) is 0 Å². The molecule has 8 rings (SSSR count). The van der Waals surface area contributed by atoms with E-state index >= 15 is 0 Å². The van der Waals surface area contributed by atoms with E-state index in [0.29, 0.717) is 17.9 Å². The lowest BCUT2D eigenvalue weighted by atomic mass is 10.0. The zero-order valence-electron chi connectivity index (χ0n) is 28.6. The van der Waals surface area contributed by atoms with Crippen molar-refractivity contribution in [2.45, 2.75) is 64.3 Å². The Morgan fingerprint density at radius 2 is 1.12 bits per heavy atom. The maximum Gasteiger partial charge on any atom is 0.410 e. The van der Waals surface area contributed by atoms with Crippen LogP contribution in [0.1, 0.15) is 46.5 Å². The quantitative estimate of drug-likeness (QED) is 0.241. The van der Waals surface area contributed by atoms with E-state index in [1.165, 1.54) is 19.2 Å². The molecule has 49 heavy (non-hydrogen) atoms. The van der Waals surface area contributed by atoms with Crippen molar-refractivity contribution in [1.82, 2.24) is 30.2 Å². The van der Waals surface area contributed by atoms with Crippen LogP contribution in [0.3, 0.4) is 0 Å². The van der Waals surface area contributed by atoms with Gasteiger partial charge in [0.15, 0.2) is 0 Å². The third kappa shape index (κ3) is 8.36. The Hall–Kier alpha value is -4.57. The number of carbonyl (C=O) groups excluding carboxylic acids is 1. The second-order valence-corrected chi connectivity index (χ2v) is 14.8. The van der Waals surface area contributed by atoms with Gasteiger partial charge in [0.1, 0.15) is 29.8 Å². The number of nitrogens with zero attached hydrogens (tertiary/aromatic N) is 5. The van der Waals surface area contributed by atoms with Crippen LogP contribution in [0, 0.1) is 23.7 Å². The molecule has 2 saturated heterocycles. The largest absolute Gasteiger partial charge is 0.490 e. The molecule has 2 aliphatic heterocycles. The first kappa shape index (κ1) is 33.0. The molecule has 4 aromatic rings. The average molecular weight is 663 g/mol. The normalized spacial score (nSPS) is 25.6. The van der Waals surface area contributed by atoms with E-state index in [4.69, 9.17) is 14.2 Å². The molecule has 0 bridgehead atoms. The van der Waals surface area contributed by atoms with Gasteiger partial charge in [-0.1, -0.05) is 24.3 Å². The van der Waals surface area contributed by atoms with Crippen molar-refractivity contribution >= 4 is 6.09 Å². The third-order valence-electron chi connectivity index (χ3n) is 10.0. The fourth-order valence-electron chi connectivity index (χ4n) is 7.80. The predicted octanol–water partition coefficient (Wildman–Crippen LogP) is 6.69. The minimum Gasteiger partial charge on any atom is -0.490 e. The standard InChI is InChI=1S/C22H27N3O3.C17H19N3O/c1-22(2,3)28-21(26)25-12-16-8-20(9-17(16)13-25)27-19-6-4-5-15(7-19)18-10-23-14-24-11-18;1-2-12(15-9-19-11-20-10-15)4-16(3-1)21-17-5-13-7-18-8-14(13)6-17/h4-7,10-11,14,16-17,20H,8-9,12-13H2,1-3H3;1-4,9-11,13-14,17-18H,5-8H2/t16-,17+,20?;13-,14+,17?. The van der Waals surface area contributed by atoms with Gasteiger partial charge in [-0.3, -0.25) is 0 Å². The van der Waals surface area contributed by atoms with Crippen LogP contribution >= 0.6 is 0 Å². The van der Waals surface area contributed by atoms with E-state index in [-0.39, 0.29) is 12.2 Å². The first-order valence-electron chi connectivity index (χ1n) is 17.5. The molecule has 2 aromatic carbocycles. The number of fused-ring (bicyclic) bond motifs is 2. The Kier molecular flexibility index (Phi) is 9.75. The molecular formula is C39H46N6O4. The second-order valence-electron chi connectivity index (χ2n) is 14.8. The van der Waals surface area contributed by atoms with Crippen LogP contribution in [-0.4, -0.2) is 74.9 Å². The van der Waals surface area contributed by atoms with E-state index < -0.39 is 5.60 Å². The van der Waals surface area contributed by atoms with Crippen molar-refractivity contribution in [3.63, 3.8) is 0 Å². The highest BCUT2D eigenvalue weighted by molar-refractivity contribution is 5.68. The van der Waals surface area contributed by atoms with Gasteiger partial charge in [-0.05, 0) is 119 Å². The van der Waals surface area contributed by atoms with Crippen LogP contribution in [0.15, 0.2) is 86.0 Å². The number of likely N-dealkylation sites (tertiary alicyclic amines) is 1. The number of benzene rings is 2. The molecule has 1 N–H and O–H groups in total. The number of hydrogen-bond acceptors (Lipinski definition) is 9. The molecule has 2 saturated carbocycles. The smallest absolute Gasteiger partial charge is 0.410 e. The van der Waals surface area contributed by atoms with Crippen LogP contribution in [0.25, 0.3) is 22.3 Å². The van der Waals surface area contributed by atoms with Gasteiger partial charge in [-0.2, -0.15) is 0 Å². The minimum atomic E-state index is -0.449. The van der Waals surface area contributed by atoms with E-state index in [9.17, 15) is 4.79 Å². The van der Waals surface area contributed by atoms with Crippen LogP contribution in [0.2, 0.25) is 0 Å². The fraction of sp³-hybridized carbons (Fsp3) is 0.462. The Morgan fingerprint density at radius 1 is 0.673 bits per heavy atom. The molecular weight excluding hydrogens is 616 g/mol. The minimum absolute atomic E-state index is 0.193. The van der Waals surface area contributed by atoms with Crippen molar-refractivity contribution < 1.29 is 19.0 Å². The van der Waals surface area contributed by atoms with Gasteiger partial charge >= 0.3 is 6.09 Å². The number of carbonyl (C=O) groups is 1. The summed E-state index contributed by atoms with van der Waals surface area (Å²) in [6, 6.07) is 16.3. The average Bonchev–Trinajstić information content (AvgIpc) is 3.87. The molecule has 6 atom stereocenters. The summed E-state index contributed by atoms with van der Waals surface area (Å²) in [5.74, 6) is 4.41. The van der Waals surface area contributed by atoms with Crippen LogP contribution in [0.4, 0.5) is 4.79 Å². The number of rotatable bonds is 6. The summed E-state index contributed by atoms with van der Waals surface area (Å²) in [7, 11) is 0. The summed E-state index contributed by atoms with van der Waals surface area (Å²) >= 11 is 0. The van der Waals surface area contributed by atoms with Crippen LogP contribution < -0.4 is 14.8 Å². The molecule has 0 spiro atoms. The number of amides is 1. The summed E-state index contributed by atoms with van der Waals surface area (Å²) < 4.78 is 18.0. The lowest BCUT2D eigenvalue weighted by Gasteiger charge is -2.25. The Morgan fingerprint density at radius 3 is 1.57 bits per heavy atom. The maximum absolute atomic E-state index is 12.3. The van der Waals surface area contributed by atoms with E-state index in [1.807, 2.05) is 74.5 Å². The number of nitrogens with one attached hydrogen (secondary N) is 1. The zero-order valence-corrected chi connectivity index (χ0v) is 28.6. The van der Waals surface area contributed by atoms with E-state index in [0.717, 1.165) is 84.6 Å². The lowest BCUT2D eigenvalue weighted by Crippen LogP contribution is -2.36. The van der Waals surface area contributed by atoms with E-state index in [1.54, 1.807) is 18.7 Å². The SMILES string of the molecule is CC(C)(C)OC(=O)N1C[C@H]2CC(Oc3cccc(-c4cncnc4)c3)C[C@H]2C1.c1cc(OC2C[C@H]3CNC[C@H]3C2)cc(-c2cncnc2)c1. The lowest BCUT2D eigenvalue weighted by molar-refractivity contribution is 0.0272. The first-order chi connectivity index (χ1) is 23.8. The number of hydrogen-bond donors (Lipinski definition) is 1. The van der Waals surface area contributed by atoms with Gasteiger partial charge in [-0.25, -0.2) is 24.7 Å². The van der Waals surface area contributed by atoms with Crippen LogP contribution in [0.5, 0.6) is 11.5 Å². The summed E-state index contributed by atoms with van der Waals surface area (Å²) in [4.78, 5) is 30.5. The van der Waals surface area contributed by atoms with Gasteiger partial charge in [0, 0.05) is 49.0 Å². The molecule has 4 heterocycles. The fourth-order valence-corrected chi connectivity index (χ4v) is 7.80. The van der Waals surface area contributed by atoms with Crippen molar-refractivity contribution in [2.24, 2.45) is 23.7 Å². The predicted molar refractivity (Wildman–Crippen MR) is 187 cm³/mol. The molecule has 2 unspecified atom stereocenters. The Balaban J connectivity index is 0.000000160. The molecule has 256 valence electrons. The molecule has 10 nitrogen and oxygen atoms in total. The molecule has 4 fully saturated rings. The number of ether oxygens (including phenoxy) is 3. The monoisotopic (exact) mass is 662 g/mol. The van der Waals surface area contributed by atoms with E-state index in [2.05, 4.69) is 37.4 Å². The summed E-state index contributed by atoms with van der Waals surface area (Å²) in [5.41, 5.74) is 3.70. The highest BCUT2D eigenvalue weighted by Crippen LogP contribution is 2.41. The molecule has 0 radical (unpaired) electrons. The van der Waals surface area contributed by atoms with Crippen molar-refractivity contribution in [3.05, 3.63) is 86.0 Å². The third-order valence-corrected chi connectivity index (χ3v) is 10.0. The second kappa shape index (κ2) is 14.5. The van der Waals surface area contributed by atoms with Gasteiger partial charge in [0.25, 0.3) is 0 Å².